The van der Waals surface area contributed by atoms with Crippen LogP contribution in [0.3, 0.4) is 0 Å². The molecule has 0 unspecified atom stereocenters. The molecular weight excluding hydrogens is 401 g/mol. The highest BCUT2D eigenvalue weighted by molar-refractivity contribution is 7.98. The summed E-state index contributed by atoms with van der Waals surface area (Å²) in [6.45, 7) is 0.226. The van der Waals surface area contributed by atoms with E-state index in [0.717, 1.165) is 5.56 Å². The van der Waals surface area contributed by atoms with Gasteiger partial charge < -0.3 is 0 Å². The van der Waals surface area contributed by atoms with Crippen molar-refractivity contribution >= 4 is 11.8 Å². The highest BCUT2D eigenvalue weighted by Gasteiger charge is 2.17. The van der Waals surface area contributed by atoms with Crippen LogP contribution in [0.2, 0.25) is 0 Å². The number of imidazole rings is 1. The van der Waals surface area contributed by atoms with Crippen molar-refractivity contribution < 1.29 is 4.39 Å². The van der Waals surface area contributed by atoms with E-state index in [0.29, 0.717) is 27.8 Å². The van der Waals surface area contributed by atoms with E-state index in [2.05, 4.69) is 16.0 Å². The summed E-state index contributed by atoms with van der Waals surface area (Å²) >= 11 is 1.40. The molecule has 0 fully saturated rings. The van der Waals surface area contributed by atoms with E-state index in [1.807, 2.05) is 18.4 Å². The molecule has 2 aromatic carbocycles. The van der Waals surface area contributed by atoms with Crippen LogP contribution in [0, 0.1) is 17.1 Å². The third kappa shape index (κ3) is 3.75. The Hall–Kier alpha value is -3.70. The minimum Gasteiger partial charge on any atom is -0.294 e. The van der Waals surface area contributed by atoms with Crippen molar-refractivity contribution in [2.75, 3.05) is 6.26 Å². The molecule has 0 N–H and O–H groups in total. The molecule has 0 aliphatic rings. The van der Waals surface area contributed by atoms with Crippen LogP contribution in [0.5, 0.6) is 0 Å². The average molecular weight is 417 g/mol. The average Bonchev–Trinajstić information content (AvgIpc) is 3.11. The Kier molecular flexibility index (Phi) is 5.46. The smallest absolute Gasteiger partial charge is 0.294 e. The molecule has 0 atom stereocenters. The van der Waals surface area contributed by atoms with Crippen molar-refractivity contribution in [2.45, 2.75) is 11.7 Å². The number of hydrogen-bond acceptors (Lipinski definition) is 5. The third-order valence-electron chi connectivity index (χ3n) is 4.60. The maximum Gasteiger partial charge on any atom is 0.333 e. The quantitative estimate of drug-likeness (QED) is 0.364. The summed E-state index contributed by atoms with van der Waals surface area (Å²) in [6.07, 6.45) is 5.21. The summed E-state index contributed by atoms with van der Waals surface area (Å²) in [7, 11) is 0. The Morgan fingerprint density at radius 1 is 1.13 bits per heavy atom. The lowest BCUT2D eigenvalue weighted by atomic mass is 10.1. The molecule has 0 saturated heterocycles. The number of rotatable bonds is 5. The summed E-state index contributed by atoms with van der Waals surface area (Å²) in [4.78, 5) is 22.0. The number of hydrogen-bond donors (Lipinski definition) is 0. The van der Waals surface area contributed by atoms with Crippen LogP contribution >= 0.6 is 11.8 Å². The first kappa shape index (κ1) is 19.6. The lowest BCUT2D eigenvalue weighted by Gasteiger charge is -2.07. The molecular formula is C22H16FN5OS. The van der Waals surface area contributed by atoms with Crippen LogP contribution in [0.4, 0.5) is 4.39 Å². The fourth-order valence-electron chi connectivity index (χ4n) is 3.16. The van der Waals surface area contributed by atoms with E-state index in [1.54, 1.807) is 42.7 Å². The Bertz CT molecular complexity index is 1300. The zero-order valence-electron chi connectivity index (χ0n) is 16.0. The van der Waals surface area contributed by atoms with Gasteiger partial charge in [-0.3, -0.25) is 9.13 Å². The van der Waals surface area contributed by atoms with Gasteiger partial charge in [-0.25, -0.2) is 19.2 Å². The molecule has 4 rings (SSSR count). The van der Waals surface area contributed by atoms with Crippen LogP contribution in [-0.2, 0) is 6.54 Å². The van der Waals surface area contributed by atoms with E-state index in [9.17, 15) is 14.4 Å². The minimum absolute atomic E-state index is 0.226. The first-order valence-electron chi connectivity index (χ1n) is 9.04. The normalized spacial score (nSPS) is 10.7. The maximum absolute atomic E-state index is 13.5. The van der Waals surface area contributed by atoms with Gasteiger partial charge >= 0.3 is 5.69 Å². The molecule has 0 saturated carbocycles. The van der Waals surface area contributed by atoms with E-state index in [1.165, 1.54) is 33.0 Å². The molecule has 0 aliphatic heterocycles. The van der Waals surface area contributed by atoms with Gasteiger partial charge in [0, 0.05) is 12.4 Å². The fraction of sp³-hybridized carbons (Fsp3) is 0.0909. The highest BCUT2D eigenvalue weighted by Crippen LogP contribution is 2.22. The van der Waals surface area contributed by atoms with Crippen molar-refractivity contribution in [3.8, 4) is 23.1 Å². The molecule has 0 radical (unpaired) electrons. The minimum atomic E-state index is -0.387. The van der Waals surface area contributed by atoms with Gasteiger partial charge in [0.05, 0.1) is 35.3 Å². The molecule has 0 spiro atoms. The zero-order valence-corrected chi connectivity index (χ0v) is 16.8. The second-order valence-electron chi connectivity index (χ2n) is 6.43. The predicted octanol–water partition coefficient (Wildman–Crippen LogP) is 3.88. The predicted molar refractivity (Wildman–Crippen MR) is 113 cm³/mol. The van der Waals surface area contributed by atoms with Gasteiger partial charge in [-0.15, -0.1) is 0 Å². The van der Waals surface area contributed by atoms with Crippen molar-refractivity contribution in [3.05, 3.63) is 94.4 Å². The molecule has 6 nitrogen and oxygen atoms in total. The molecule has 4 aromatic rings. The topological polar surface area (TPSA) is 76.5 Å². The van der Waals surface area contributed by atoms with E-state index in [-0.39, 0.29) is 18.1 Å². The highest BCUT2D eigenvalue weighted by atomic mass is 32.2. The molecule has 2 aromatic heterocycles. The first-order chi connectivity index (χ1) is 14.6. The van der Waals surface area contributed by atoms with Gasteiger partial charge in [-0.1, -0.05) is 30.0 Å². The van der Waals surface area contributed by atoms with Gasteiger partial charge in [0.1, 0.15) is 5.82 Å². The molecule has 30 heavy (non-hydrogen) atoms. The second kappa shape index (κ2) is 8.35. The lowest BCUT2D eigenvalue weighted by Crippen LogP contribution is -2.24. The molecule has 0 aliphatic carbocycles. The SMILES string of the molecule is CSc1nccc(-c2cn(Cc3ccccc3C#N)c(=O)n2-c2ccc(F)cc2)n1. The molecule has 2 heterocycles. The molecule has 148 valence electrons. The summed E-state index contributed by atoms with van der Waals surface area (Å²) in [5.41, 5.74) is 2.58. The van der Waals surface area contributed by atoms with E-state index in [4.69, 9.17) is 0 Å². The number of thioether (sulfide) groups is 1. The Balaban J connectivity index is 1.90. The summed E-state index contributed by atoms with van der Waals surface area (Å²) in [5, 5.41) is 9.94. The van der Waals surface area contributed by atoms with Crippen LogP contribution in [0.1, 0.15) is 11.1 Å². The first-order valence-corrected chi connectivity index (χ1v) is 10.3. The number of halogens is 1. The van der Waals surface area contributed by atoms with Crippen molar-refractivity contribution in [3.63, 3.8) is 0 Å². The largest absolute Gasteiger partial charge is 0.333 e. The summed E-state index contributed by atoms with van der Waals surface area (Å²) in [6, 6.07) is 16.7. The summed E-state index contributed by atoms with van der Waals surface area (Å²) < 4.78 is 16.5. The van der Waals surface area contributed by atoms with E-state index < -0.39 is 0 Å². The van der Waals surface area contributed by atoms with Crippen LogP contribution < -0.4 is 5.69 Å². The van der Waals surface area contributed by atoms with Crippen LogP contribution in [0.15, 0.2) is 76.9 Å². The monoisotopic (exact) mass is 417 g/mol. The Morgan fingerprint density at radius 2 is 1.90 bits per heavy atom. The van der Waals surface area contributed by atoms with Crippen LogP contribution in [-0.4, -0.2) is 25.4 Å². The van der Waals surface area contributed by atoms with Gasteiger partial charge in [-0.2, -0.15) is 5.26 Å². The molecule has 0 bridgehead atoms. The number of nitriles is 1. The number of aromatic nitrogens is 4. The van der Waals surface area contributed by atoms with Crippen molar-refractivity contribution in [1.29, 1.82) is 5.26 Å². The second-order valence-corrected chi connectivity index (χ2v) is 7.21. The van der Waals surface area contributed by atoms with Crippen molar-refractivity contribution in [2.24, 2.45) is 0 Å². The fourth-order valence-corrected chi connectivity index (χ4v) is 3.51. The van der Waals surface area contributed by atoms with Gasteiger partial charge in [0.15, 0.2) is 5.16 Å². The number of nitrogens with zero attached hydrogens (tertiary/aromatic N) is 5. The maximum atomic E-state index is 13.5. The van der Waals surface area contributed by atoms with Crippen molar-refractivity contribution in [1.82, 2.24) is 19.1 Å². The number of benzene rings is 2. The van der Waals surface area contributed by atoms with E-state index >= 15 is 0 Å². The zero-order chi connectivity index (χ0) is 21.1. The van der Waals surface area contributed by atoms with Gasteiger partial charge in [0.25, 0.3) is 0 Å². The Labute approximate surface area is 176 Å². The summed E-state index contributed by atoms with van der Waals surface area (Å²) in [5.74, 6) is -0.387. The lowest BCUT2D eigenvalue weighted by molar-refractivity contribution is 0.627. The standard InChI is InChI=1S/C22H16FN5OS/c1-30-21-25-11-10-19(26-21)20-14-27(13-16-5-3-2-4-15(16)12-24)22(29)28(20)18-8-6-17(23)7-9-18/h2-11,14H,13H2,1H3. The molecule has 8 heteroatoms. The Morgan fingerprint density at radius 3 is 2.63 bits per heavy atom. The third-order valence-corrected chi connectivity index (χ3v) is 5.16. The van der Waals surface area contributed by atoms with Gasteiger partial charge in [0.2, 0.25) is 0 Å². The molecule has 0 amide bonds. The van der Waals surface area contributed by atoms with Crippen LogP contribution in [0.25, 0.3) is 17.1 Å². The van der Waals surface area contributed by atoms with Gasteiger partial charge in [-0.05, 0) is 48.2 Å².